The minimum atomic E-state index is -0.963. The average molecular weight is 120 g/mol. The van der Waals surface area contributed by atoms with Crippen LogP contribution in [0.15, 0.2) is 12.2 Å². The van der Waals surface area contributed by atoms with Gasteiger partial charge < -0.3 is 9.90 Å². The van der Waals surface area contributed by atoms with Crippen LogP contribution < -0.4 is 34.7 Å². The van der Waals surface area contributed by atoms with E-state index >= 15 is 0 Å². The Morgan fingerprint density at radius 3 is 2.25 bits per heavy atom. The van der Waals surface area contributed by atoms with Crippen LogP contribution in [0.4, 0.5) is 0 Å². The van der Waals surface area contributed by atoms with Crippen LogP contribution >= 0.6 is 0 Å². The maximum absolute atomic E-state index is 9.70. The molecular weight excluding hydrogens is 115 g/mol. The summed E-state index contributed by atoms with van der Waals surface area (Å²) in [7, 11) is 0. The number of carbonyl (C=O) groups is 1. The van der Waals surface area contributed by atoms with Crippen LogP contribution in [-0.2, 0) is 4.79 Å². The van der Waals surface area contributed by atoms with Crippen molar-refractivity contribution < 1.29 is 39.5 Å². The second-order valence-corrected chi connectivity index (χ2v) is 1.62. The van der Waals surface area contributed by atoms with Gasteiger partial charge in [-0.05, 0) is 12.3 Å². The van der Waals surface area contributed by atoms with Gasteiger partial charge >= 0.3 is 29.6 Å². The molecule has 0 saturated heterocycles. The molecule has 0 spiro atoms. The second-order valence-electron chi connectivity index (χ2n) is 1.62. The summed E-state index contributed by atoms with van der Waals surface area (Å²) in [5, 5.41) is 9.70. The summed E-state index contributed by atoms with van der Waals surface area (Å²) in [6, 6.07) is 0. The summed E-state index contributed by atoms with van der Waals surface area (Å²) in [5.74, 6) is -0.750. The van der Waals surface area contributed by atoms with Gasteiger partial charge in [-0.3, -0.25) is 0 Å². The van der Waals surface area contributed by atoms with Gasteiger partial charge in [0, 0.05) is 5.97 Å². The number of rotatable bonds is 2. The maximum Gasteiger partial charge on any atom is 1.00 e. The number of allylic oxidation sites excluding steroid dienone is 2. The smallest absolute Gasteiger partial charge is 0.550 e. The Morgan fingerprint density at radius 1 is 1.62 bits per heavy atom. The first-order chi connectivity index (χ1) is 3.29. The van der Waals surface area contributed by atoms with Crippen LogP contribution in [0, 0.1) is 5.92 Å². The molecule has 0 fully saturated rings. The molecule has 0 saturated carbocycles. The van der Waals surface area contributed by atoms with E-state index in [0.29, 0.717) is 0 Å². The van der Waals surface area contributed by atoms with E-state index in [0.717, 1.165) is 0 Å². The first-order valence-corrected chi connectivity index (χ1v) is 2.17. The summed E-state index contributed by atoms with van der Waals surface area (Å²) < 4.78 is 0. The van der Waals surface area contributed by atoms with Crippen molar-refractivity contribution in [3.63, 3.8) is 0 Å². The molecule has 0 atom stereocenters. The summed E-state index contributed by atoms with van der Waals surface area (Å²) in [4.78, 5) is 9.70. The van der Waals surface area contributed by atoms with Crippen molar-refractivity contribution in [2.75, 3.05) is 0 Å². The zero-order valence-electron chi connectivity index (χ0n) is 4.76. The van der Waals surface area contributed by atoms with Gasteiger partial charge in [-0.2, -0.15) is 0 Å². The fourth-order valence-corrected chi connectivity index (χ4v) is 0.407. The molecule has 38 valence electrons. The Morgan fingerprint density at radius 2 is 2.12 bits per heavy atom. The largest absolute Gasteiger partial charge is 1.00 e. The zero-order valence-corrected chi connectivity index (χ0v) is 6.76. The van der Waals surface area contributed by atoms with E-state index in [4.69, 9.17) is 0 Å². The molecule has 0 radical (unpaired) electrons. The minimum Gasteiger partial charge on any atom is -0.550 e. The van der Waals surface area contributed by atoms with Crippen molar-refractivity contribution in [1.82, 2.24) is 0 Å². The molecule has 0 aromatic heterocycles. The Balaban J connectivity index is 0.000000490. The molecule has 0 heterocycles. The van der Waals surface area contributed by atoms with Gasteiger partial charge in [0.25, 0.3) is 0 Å². The molecule has 0 aliphatic heterocycles. The number of hydrogen-bond donors (Lipinski definition) is 0. The minimum absolute atomic E-state index is 0. The van der Waals surface area contributed by atoms with Gasteiger partial charge in [-0.25, -0.2) is 0 Å². The Bertz CT molecular complexity index is 114. The first-order valence-electron chi connectivity index (χ1n) is 2.17. The van der Waals surface area contributed by atoms with E-state index in [9.17, 15) is 9.90 Å². The Labute approximate surface area is 69.9 Å². The van der Waals surface area contributed by atoms with Gasteiger partial charge in [0.05, 0.1) is 0 Å². The summed E-state index contributed by atoms with van der Waals surface area (Å²) in [6.45, 7) is 0. The first kappa shape index (κ1) is 8.21. The molecule has 0 amide bonds. The molecule has 0 aromatic rings. The number of carbonyl (C=O) groups excluding carboxylic acids is 1. The molecule has 0 unspecified atom stereocenters. The fraction of sp³-hybridized carbons (Fsp3) is 0.400. The van der Waals surface area contributed by atoms with Gasteiger partial charge in [0.2, 0.25) is 0 Å². The summed E-state index contributed by atoms with van der Waals surface area (Å²) in [5.41, 5.74) is 0. The average Bonchev–Trinajstić information content (AvgIpc) is 2.17. The van der Waals surface area contributed by atoms with E-state index in [-0.39, 0.29) is 41.9 Å². The van der Waals surface area contributed by atoms with Gasteiger partial charge in [0.1, 0.15) is 0 Å². The van der Waals surface area contributed by atoms with E-state index in [2.05, 4.69) is 0 Å². The predicted molar refractivity (Wildman–Crippen MR) is 22.3 cm³/mol. The topological polar surface area (TPSA) is 40.1 Å². The molecule has 0 N–H and O–H groups in total. The molecule has 3 heteroatoms. The number of hydrogen-bond acceptors (Lipinski definition) is 2. The van der Waals surface area contributed by atoms with Crippen LogP contribution in [0.25, 0.3) is 0 Å². The number of carboxylic acids is 1. The summed E-state index contributed by atoms with van der Waals surface area (Å²) >= 11 is 0. The molecule has 2 nitrogen and oxygen atoms in total. The maximum atomic E-state index is 9.70. The van der Waals surface area contributed by atoms with Gasteiger partial charge in [0.15, 0.2) is 0 Å². The van der Waals surface area contributed by atoms with Crippen LogP contribution in [0.5, 0.6) is 0 Å². The molecule has 0 bridgehead atoms. The van der Waals surface area contributed by atoms with Gasteiger partial charge in [-0.15, -0.1) is 0 Å². The van der Waals surface area contributed by atoms with Crippen LogP contribution in [0.3, 0.4) is 0 Å². The molecule has 1 aliphatic rings. The zero-order chi connectivity index (χ0) is 5.28. The van der Waals surface area contributed by atoms with Crippen molar-refractivity contribution in [1.29, 1.82) is 0 Å². The van der Waals surface area contributed by atoms with Crippen molar-refractivity contribution in [3.8, 4) is 0 Å². The normalized spacial score (nSPS) is 15.0. The van der Waals surface area contributed by atoms with Crippen molar-refractivity contribution in [2.24, 2.45) is 5.92 Å². The molecular formula is C5H5NaO2. The van der Waals surface area contributed by atoms with E-state index in [1.807, 2.05) is 12.2 Å². The SMILES string of the molecule is O=C([O-])CC1C=C1.[Na+]. The Hall–Kier alpha value is 0.210. The standard InChI is InChI=1S/C5H6O2.Na/c6-5(7)3-4-1-2-4;/h1-2,4H,3H2,(H,6,7);/q;+1/p-1. The third-order valence-electron chi connectivity index (χ3n) is 0.867. The number of aliphatic carboxylic acids is 1. The van der Waals surface area contributed by atoms with Crippen LogP contribution in [0.1, 0.15) is 6.42 Å². The predicted octanol–water partition coefficient (Wildman–Crippen LogP) is -3.68. The van der Waals surface area contributed by atoms with Crippen molar-refractivity contribution in [2.45, 2.75) is 6.42 Å². The van der Waals surface area contributed by atoms with E-state index < -0.39 is 5.97 Å². The van der Waals surface area contributed by atoms with E-state index in [1.165, 1.54) is 0 Å². The summed E-state index contributed by atoms with van der Waals surface area (Å²) in [6.07, 6.45) is 3.85. The van der Waals surface area contributed by atoms with Crippen molar-refractivity contribution in [3.05, 3.63) is 12.2 Å². The molecule has 8 heavy (non-hydrogen) atoms. The second kappa shape index (κ2) is 3.28. The molecule has 1 rings (SSSR count). The fourth-order valence-electron chi connectivity index (χ4n) is 0.407. The van der Waals surface area contributed by atoms with E-state index in [1.54, 1.807) is 0 Å². The van der Waals surface area contributed by atoms with Crippen molar-refractivity contribution >= 4 is 5.97 Å². The van der Waals surface area contributed by atoms with Crippen LogP contribution in [-0.4, -0.2) is 5.97 Å². The third kappa shape index (κ3) is 3.24. The third-order valence-corrected chi connectivity index (χ3v) is 0.867. The quantitative estimate of drug-likeness (QED) is 0.278. The Kier molecular flexibility index (Phi) is 3.36. The van der Waals surface area contributed by atoms with Gasteiger partial charge in [-0.1, -0.05) is 12.2 Å². The molecule has 0 aromatic carbocycles. The van der Waals surface area contributed by atoms with Crippen LogP contribution in [0.2, 0.25) is 0 Å². The molecule has 1 aliphatic carbocycles. The monoisotopic (exact) mass is 120 g/mol. The number of carboxylic acid groups (broad SMARTS) is 1.